The highest BCUT2D eigenvalue weighted by molar-refractivity contribution is 6.31. The van der Waals surface area contributed by atoms with Crippen molar-refractivity contribution < 1.29 is 0 Å². The maximum absolute atomic E-state index is 5.96. The maximum Gasteiger partial charge on any atom is 0.139 e. The van der Waals surface area contributed by atoms with Crippen LogP contribution in [0.4, 0.5) is 0 Å². The lowest BCUT2D eigenvalue weighted by atomic mass is 10.1. The van der Waals surface area contributed by atoms with Crippen LogP contribution in [0.1, 0.15) is 24.1 Å². The molecule has 2 nitrogen and oxygen atoms in total. The topological polar surface area (TPSA) is 25.8 Å². The summed E-state index contributed by atoms with van der Waals surface area (Å²) in [6.07, 6.45) is 7.39. The average Bonchev–Trinajstić information content (AvgIpc) is 2.87. The third kappa shape index (κ3) is 1.17. The summed E-state index contributed by atoms with van der Waals surface area (Å²) in [4.78, 5) is 8.21. The second-order valence-corrected chi connectivity index (χ2v) is 4.05. The number of allylic oxidation sites excluding steroid dienone is 1. The van der Waals surface area contributed by atoms with E-state index < -0.39 is 0 Å². The Bertz CT molecular complexity index is 394. The van der Waals surface area contributed by atoms with E-state index >= 15 is 0 Å². The van der Waals surface area contributed by atoms with Crippen molar-refractivity contribution in [2.24, 2.45) is 5.92 Å². The maximum atomic E-state index is 5.96. The molecule has 13 heavy (non-hydrogen) atoms. The highest BCUT2D eigenvalue weighted by Gasteiger charge is 2.30. The molecule has 0 unspecified atom stereocenters. The fourth-order valence-electron chi connectivity index (χ4n) is 1.84. The predicted octanol–water partition coefficient (Wildman–Crippen LogP) is 2.48. The summed E-state index contributed by atoms with van der Waals surface area (Å²) in [7, 11) is 0. The fraction of sp³-hybridized carbons (Fsp3) is 0.400. The van der Waals surface area contributed by atoms with Crippen LogP contribution < -0.4 is 0 Å². The molecule has 3 heteroatoms. The second-order valence-electron chi connectivity index (χ2n) is 3.70. The number of rotatable bonds is 1. The van der Waals surface area contributed by atoms with Crippen LogP contribution in [0.25, 0.3) is 6.08 Å². The first-order valence-corrected chi connectivity index (χ1v) is 4.92. The van der Waals surface area contributed by atoms with Gasteiger partial charge in [-0.2, -0.15) is 0 Å². The van der Waals surface area contributed by atoms with Crippen LogP contribution in [0.15, 0.2) is 11.9 Å². The first kappa shape index (κ1) is 7.51. The van der Waals surface area contributed by atoms with E-state index in [0.717, 1.165) is 23.6 Å². The highest BCUT2D eigenvalue weighted by Crippen LogP contribution is 2.42. The van der Waals surface area contributed by atoms with Gasteiger partial charge in [-0.3, -0.25) is 0 Å². The van der Waals surface area contributed by atoms with E-state index in [1.165, 1.54) is 18.4 Å². The van der Waals surface area contributed by atoms with Gasteiger partial charge in [0.05, 0.1) is 5.69 Å². The van der Waals surface area contributed by atoms with Gasteiger partial charge in [0.2, 0.25) is 0 Å². The van der Waals surface area contributed by atoms with Gasteiger partial charge >= 0.3 is 0 Å². The number of nitrogens with zero attached hydrogens (tertiary/aromatic N) is 2. The van der Waals surface area contributed by atoms with Crippen LogP contribution in [0.2, 0.25) is 5.15 Å². The number of fused-ring (bicyclic) bond motifs is 1. The van der Waals surface area contributed by atoms with E-state index in [4.69, 9.17) is 11.6 Å². The molecule has 1 aromatic heterocycles. The quantitative estimate of drug-likeness (QED) is 0.639. The molecule has 0 saturated heterocycles. The Labute approximate surface area is 81.7 Å². The van der Waals surface area contributed by atoms with E-state index in [1.54, 1.807) is 6.33 Å². The highest BCUT2D eigenvalue weighted by atomic mass is 35.5. The summed E-state index contributed by atoms with van der Waals surface area (Å²) in [5.74, 6) is 0.810. The average molecular weight is 193 g/mol. The van der Waals surface area contributed by atoms with E-state index in [9.17, 15) is 0 Å². The molecule has 1 fully saturated rings. The van der Waals surface area contributed by atoms with E-state index in [1.807, 2.05) is 0 Å². The lowest BCUT2D eigenvalue weighted by Gasteiger charge is -1.97. The third-order valence-electron chi connectivity index (χ3n) is 2.72. The van der Waals surface area contributed by atoms with Crippen LogP contribution in [0, 0.1) is 5.92 Å². The molecule has 0 radical (unpaired) electrons. The molecule has 0 aliphatic heterocycles. The normalized spacial score (nSPS) is 19.9. The number of hydrogen-bond acceptors (Lipinski definition) is 2. The smallest absolute Gasteiger partial charge is 0.139 e. The zero-order valence-electron chi connectivity index (χ0n) is 7.13. The molecule has 3 rings (SSSR count). The van der Waals surface area contributed by atoms with Crippen LogP contribution in [0.3, 0.4) is 0 Å². The number of aromatic nitrogens is 2. The molecule has 2 aliphatic rings. The van der Waals surface area contributed by atoms with Gasteiger partial charge in [-0.25, -0.2) is 9.97 Å². The van der Waals surface area contributed by atoms with Crippen LogP contribution in [-0.2, 0) is 6.42 Å². The van der Waals surface area contributed by atoms with Crippen molar-refractivity contribution in [1.29, 1.82) is 0 Å². The molecule has 0 N–H and O–H groups in total. The van der Waals surface area contributed by atoms with E-state index in [0.29, 0.717) is 5.15 Å². The van der Waals surface area contributed by atoms with E-state index in [2.05, 4.69) is 16.0 Å². The number of halogens is 1. The summed E-state index contributed by atoms with van der Waals surface area (Å²) < 4.78 is 0. The summed E-state index contributed by atoms with van der Waals surface area (Å²) in [5.41, 5.74) is 3.64. The first-order valence-electron chi connectivity index (χ1n) is 4.54. The Morgan fingerprint density at radius 1 is 1.31 bits per heavy atom. The van der Waals surface area contributed by atoms with Gasteiger partial charge in [0, 0.05) is 12.0 Å². The van der Waals surface area contributed by atoms with Crippen molar-refractivity contribution in [3.63, 3.8) is 0 Å². The standard InChI is InChI=1S/C10H9ClN2/c11-10-8-3-7(6-1-2-6)4-9(8)12-5-13-10/h3,5-6H,1-2,4H2. The molecule has 1 heterocycles. The largest absolute Gasteiger partial charge is 0.240 e. The fourth-order valence-corrected chi connectivity index (χ4v) is 2.04. The summed E-state index contributed by atoms with van der Waals surface area (Å²) in [6, 6.07) is 0. The Morgan fingerprint density at radius 2 is 2.15 bits per heavy atom. The monoisotopic (exact) mass is 192 g/mol. The molecule has 0 bridgehead atoms. The molecular formula is C10H9ClN2. The van der Waals surface area contributed by atoms with Gasteiger partial charge in [0.25, 0.3) is 0 Å². The molecular weight excluding hydrogens is 184 g/mol. The van der Waals surface area contributed by atoms with Crippen molar-refractivity contribution >= 4 is 17.7 Å². The second kappa shape index (κ2) is 2.55. The Kier molecular flexibility index (Phi) is 1.47. The van der Waals surface area contributed by atoms with Crippen LogP contribution in [-0.4, -0.2) is 9.97 Å². The molecule has 0 amide bonds. The first-order chi connectivity index (χ1) is 6.34. The van der Waals surface area contributed by atoms with Gasteiger partial charge < -0.3 is 0 Å². The van der Waals surface area contributed by atoms with Gasteiger partial charge in [-0.05, 0) is 18.8 Å². The molecule has 0 spiro atoms. The predicted molar refractivity (Wildman–Crippen MR) is 51.4 cm³/mol. The summed E-state index contributed by atoms with van der Waals surface area (Å²) in [6.45, 7) is 0. The SMILES string of the molecule is Clc1ncnc2c1C=C(C1CC1)C2. The minimum Gasteiger partial charge on any atom is -0.240 e. The van der Waals surface area contributed by atoms with Gasteiger partial charge in [0.15, 0.2) is 0 Å². The lowest BCUT2D eigenvalue weighted by Crippen LogP contribution is -1.92. The van der Waals surface area contributed by atoms with E-state index in [-0.39, 0.29) is 0 Å². The van der Waals surface area contributed by atoms with Crippen molar-refractivity contribution in [2.75, 3.05) is 0 Å². The van der Waals surface area contributed by atoms with Crippen molar-refractivity contribution in [3.05, 3.63) is 28.3 Å². The zero-order valence-corrected chi connectivity index (χ0v) is 7.88. The Morgan fingerprint density at radius 3 is 2.85 bits per heavy atom. The molecule has 1 aromatic rings. The van der Waals surface area contributed by atoms with Crippen molar-refractivity contribution in [3.8, 4) is 0 Å². The van der Waals surface area contributed by atoms with Crippen molar-refractivity contribution in [2.45, 2.75) is 19.3 Å². The van der Waals surface area contributed by atoms with Crippen molar-refractivity contribution in [1.82, 2.24) is 9.97 Å². The molecule has 66 valence electrons. The minimum atomic E-state index is 0.598. The molecule has 0 atom stereocenters. The Hall–Kier alpha value is -0.890. The summed E-state index contributed by atoms with van der Waals surface area (Å²) in [5, 5.41) is 0.598. The van der Waals surface area contributed by atoms with Gasteiger partial charge in [0.1, 0.15) is 11.5 Å². The third-order valence-corrected chi connectivity index (χ3v) is 3.02. The Balaban J connectivity index is 2.05. The number of hydrogen-bond donors (Lipinski definition) is 0. The van der Waals surface area contributed by atoms with Gasteiger partial charge in [-0.1, -0.05) is 23.3 Å². The molecule has 1 saturated carbocycles. The summed E-state index contributed by atoms with van der Waals surface area (Å²) >= 11 is 5.96. The van der Waals surface area contributed by atoms with Crippen LogP contribution >= 0.6 is 11.6 Å². The van der Waals surface area contributed by atoms with Gasteiger partial charge in [-0.15, -0.1) is 0 Å². The zero-order chi connectivity index (χ0) is 8.84. The molecule has 2 aliphatic carbocycles. The van der Waals surface area contributed by atoms with Crippen LogP contribution in [0.5, 0.6) is 0 Å². The minimum absolute atomic E-state index is 0.598. The molecule has 0 aromatic carbocycles. The lowest BCUT2D eigenvalue weighted by molar-refractivity contribution is 0.931.